The SMILES string of the molecule is CCn1ccc(C)cc1=O. The Morgan fingerprint density at radius 1 is 1.60 bits per heavy atom. The second-order valence-corrected chi connectivity index (χ2v) is 2.33. The van der Waals surface area contributed by atoms with Crippen LogP contribution in [0.4, 0.5) is 0 Å². The monoisotopic (exact) mass is 137 g/mol. The largest absolute Gasteiger partial charge is 0.316 e. The standard InChI is InChI=1S/C8H11NO/c1-3-9-5-4-7(2)6-8(9)10/h4-6H,3H2,1-2H3. The second kappa shape index (κ2) is 2.69. The fraction of sp³-hybridized carbons (Fsp3) is 0.375. The molecule has 0 radical (unpaired) electrons. The Morgan fingerprint density at radius 3 is 2.80 bits per heavy atom. The number of rotatable bonds is 1. The molecule has 1 heterocycles. The average molecular weight is 137 g/mol. The first kappa shape index (κ1) is 7.06. The molecule has 0 bridgehead atoms. The van der Waals surface area contributed by atoms with Gasteiger partial charge < -0.3 is 4.57 Å². The van der Waals surface area contributed by atoms with E-state index in [1.54, 1.807) is 10.6 Å². The molecule has 0 aliphatic rings. The van der Waals surface area contributed by atoms with Crippen molar-refractivity contribution >= 4 is 0 Å². The van der Waals surface area contributed by atoms with Crippen molar-refractivity contribution in [3.63, 3.8) is 0 Å². The van der Waals surface area contributed by atoms with Gasteiger partial charge in [0.2, 0.25) is 0 Å². The summed E-state index contributed by atoms with van der Waals surface area (Å²) in [5.74, 6) is 0. The van der Waals surface area contributed by atoms with Gasteiger partial charge in [0.15, 0.2) is 0 Å². The summed E-state index contributed by atoms with van der Waals surface area (Å²) >= 11 is 0. The van der Waals surface area contributed by atoms with Gasteiger partial charge in [-0.25, -0.2) is 0 Å². The van der Waals surface area contributed by atoms with Gasteiger partial charge in [0.25, 0.3) is 5.56 Å². The lowest BCUT2D eigenvalue weighted by Gasteiger charge is -1.99. The van der Waals surface area contributed by atoms with E-state index in [-0.39, 0.29) is 5.56 Å². The number of aromatic nitrogens is 1. The summed E-state index contributed by atoms with van der Waals surface area (Å²) in [5, 5.41) is 0. The Bertz CT molecular complexity index is 275. The minimum atomic E-state index is 0.0856. The molecule has 0 aromatic carbocycles. The van der Waals surface area contributed by atoms with Crippen molar-refractivity contribution in [2.75, 3.05) is 0 Å². The third-order valence-electron chi connectivity index (χ3n) is 1.49. The fourth-order valence-corrected chi connectivity index (χ4v) is 0.868. The quantitative estimate of drug-likeness (QED) is 0.569. The molecular weight excluding hydrogens is 126 g/mol. The molecule has 0 amide bonds. The van der Waals surface area contributed by atoms with Gasteiger partial charge in [-0.2, -0.15) is 0 Å². The molecule has 2 heteroatoms. The molecule has 10 heavy (non-hydrogen) atoms. The molecule has 1 rings (SSSR count). The molecule has 0 spiro atoms. The van der Waals surface area contributed by atoms with Crippen LogP contribution >= 0.6 is 0 Å². The van der Waals surface area contributed by atoms with Crippen LogP contribution in [0.1, 0.15) is 12.5 Å². The minimum absolute atomic E-state index is 0.0856. The van der Waals surface area contributed by atoms with Gasteiger partial charge in [-0.1, -0.05) is 0 Å². The van der Waals surface area contributed by atoms with Crippen LogP contribution in [-0.2, 0) is 6.54 Å². The first-order valence-electron chi connectivity index (χ1n) is 3.41. The van der Waals surface area contributed by atoms with Gasteiger partial charge in [-0.15, -0.1) is 0 Å². The number of nitrogens with zero attached hydrogens (tertiary/aromatic N) is 1. The summed E-state index contributed by atoms with van der Waals surface area (Å²) < 4.78 is 1.67. The van der Waals surface area contributed by atoms with Crippen LogP contribution < -0.4 is 5.56 Å². The predicted octanol–water partition coefficient (Wildman–Crippen LogP) is 1.18. The van der Waals surface area contributed by atoms with E-state index in [1.807, 2.05) is 26.1 Å². The zero-order valence-corrected chi connectivity index (χ0v) is 6.29. The molecule has 1 aromatic rings. The summed E-state index contributed by atoms with van der Waals surface area (Å²) in [5.41, 5.74) is 1.11. The van der Waals surface area contributed by atoms with Crippen LogP contribution in [0.15, 0.2) is 23.1 Å². The lowest BCUT2D eigenvalue weighted by molar-refractivity contribution is 0.725. The molecule has 0 saturated carbocycles. The van der Waals surface area contributed by atoms with Gasteiger partial charge in [0.05, 0.1) is 0 Å². The maximum absolute atomic E-state index is 11.0. The van der Waals surface area contributed by atoms with Crippen LogP contribution in [0.25, 0.3) is 0 Å². The van der Waals surface area contributed by atoms with Gasteiger partial charge in [-0.3, -0.25) is 4.79 Å². The summed E-state index contributed by atoms with van der Waals surface area (Å²) in [6.07, 6.45) is 1.82. The average Bonchev–Trinajstić information content (AvgIpc) is 1.88. The van der Waals surface area contributed by atoms with Crippen molar-refractivity contribution in [3.05, 3.63) is 34.2 Å². The highest BCUT2D eigenvalue weighted by Crippen LogP contribution is 1.89. The Morgan fingerprint density at radius 2 is 2.30 bits per heavy atom. The molecule has 0 aliphatic carbocycles. The Labute approximate surface area is 60.1 Å². The first-order chi connectivity index (χ1) is 4.74. The zero-order valence-electron chi connectivity index (χ0n) is 6.29. The first-order valence-corrected chi connectivity index (χ1v) is 3.41. The molecular formula is C8H11NO. The molecule has 0 atom stereocenters. The molecule has 0 N–H and O–H groups in total. The van der Waals surface area contributed by atoms with E-state index in [4.69, 9.17) is 0 Å². The molecule has 0 aliphatic heterocycles. The van der Waals surface area contributed by atoms with Crippen LogP contribution in [0.3, 0.4) is 0 Å². The van der Waals surface area contributed by atoms with E-state index in [0.717, 1.165) is 12.1 Å². The Balaban J connectivity index is 3.20. The normalized spacial score (nSPS) is 9.80. The van der Waals surface area contributed by atoms with Gasteiger partial charge >= 0.3 is 0 Å². The van der Waals surface area contributed by atoms with Gasteiger partial charge in [0.1, 0.15) is 0 Å². The molecule has 0 fully saturated rings. The van der Waals surface area contributed by atoms with Gasteiger partial charge in [0, 0.05) is 18.8 Å². The summed E-state index contributed by atoms with van der Waals surface area (Å²) in [6.45, 7) is 4.62. The maximum Gasteiger partial charge on any atom is 0.250 e. The molecule has 54 valence electrons. The van der Waals surface area contributed by atoms with Crippen LogP contribution in [0.5, 0.6) is 0 Å². The van der Waals surface area contributed by atoms with Crippen LogP contribution in [0.2, 0.25) is 0 Å². The zero-order chi connectivity index (χ0) is 7.56. The van der Waals surface area contributed by atoms with Crippen molar-refractivity contribution < 1.29 is 0 Å². The number of pyridine rings is 1. The topological polar surface area (TPSA) is 22.0 Å². The summed E-state index contributed by atoms with van der Waals surface area (Å²) in [6, 6.07) is 3.58. The number of hydrogen-bond acceptors (Lipinski definition) is 1. The van der Waals surface area contributed by atoms with E-state index < -0.39 is 0 Å². The van der Waals surface area contributed by atoms with E-state index in [2.05, 4.69) is 0 Å². The molecule has 1 aromatic heterocycles. The highest BCUT2D eigenvalue weighted by Gasteiger charge is 1.90. The maximum atomic E-state index is 11.0. The molecule has 2 nitrogen and oxygen atoms in total. The third-order valence-corrected chi connectivity index (χ3v) is 1.49. The predicted molar refractivity (Wildman–Crippen MR) is 41.1 cm³/mol. The molecule has 0 saturated heterocycles. The van der Waals surface area contributed by atoms with Crippen LogP contribution in [0, 0.1) is 6.92 Å². The third kappa shape index (κ3) is 1.26. The lowest BCUT2D eigenvalue weighted by atomic mass is 10.3. The smallest absolute Gasteiger partial charge is 0.250 e. The van der Waals surface area contributed by atoms with Crippen molar-refractivity contribution in [3.8, 4) is 0 Å². The number of hydrogen-bond donors (Lipinski definition) is 0. The second-order valence-electron chi connectivity index (χ2n) is 2.33. The Kier molecular flexibility index (Phi) is 1.90. The summed E-state index contributed by atoms with van der Waals surface area (Å²) in [7, 11) is 0. The van der Waals surface area contributed by atoms with E-state index in [1.165, 1.54) is 0 Å². The van der Waals surface area contributed by atoms with Crippen molar-refractivity contribution in [2.45, 2.75) is 20.4 Å². The highest BCUT2D eigenvalue weighted by molar-refractivity contribution is 5.07. The van der Waals surface area contributed by atoms with E-state index in [9.17, 15) is 4.79 Å². The molecule has 0 unspecified atom stereocenters. The van der Waals surface area contributed by atoms with Crippen molar-refractivity contribution in [1.29, 1.82) is 0 Å². The number of aryl methyl sites for hydroxylation is 2. The highest BCUT2D eigenvalue weighted by atomic mass is 16.1. The Hall–Kier alpha value is -1.05. The fourth-order valence-electron chi connectivity index (χ4n) is 0.868. The summed E-state index contributed by atoms with van der Waals surface area (Å²) in [4.78, 5) is 11.0. The minimum Gasteiger partial charge on any atom is -0.316 e. The van der Waals surface area contributed by atoms with Crippen LogP contribution in [-0.4, -0.2) is 4.57 Å². The van der Waals surface area contributed by atoms with E-state index >= 15 is 0 Å². The van der Waals surface area contributed by atoms with Gasteiger partial charge in [-0.05, 0) is 25.5 Å². The van der Waals surface area contributed by atoms with Crippen molar-refractivity contribution in [1.82, 2.24) is 4.57 Å². The van der Waals surface area contributed by atoms with E-state index in [0.29, 0.717) is 0 Å². The van der Waals surface area contributed by atoms with Crippen molar-refractivity contribution in [2.24, 2.45) is 0 Å². The lowest BCUT2D eigenvalue weighted by Crippen LogP contribution is -2.16.